The van der Waals surface area contributed by atoms with Crippen LogP contribution in [0.1, 0.15) is 55.9 Å². The van der Waals surface area contributed by atoms with Gasteiger partial charge in [-0.2, -0.15) is 5.10 Å². The molecule has 2 aliphatic rings. The number of aryl methyl sites for hydroxylation is 2. The van der Waals surface area contributed by atoms with Crippen molar-refractivity contribution in [2.45, 2.75) is 58.7 Å². The molecule has 3 aromatic rings. The lowest BCUT2D eigenvalue weighted by Gasteiger charge is -2.34. The van der Waals surface area contributed by atoms with Crippen molar-refractivity contribution in [2.24, 2.45) is 7.05 Å². The van der Waals surface area contributed by atoms with Crippen molar-refractivity contribution in [3.63, 3.8) is 0 Å². The molecule has 1 aromatic heterocycles. The monoisotopic (exact) mass is 514 g/mol. The van der Waals surface area contributed by atoms with E-state index >= 15 is 0 Å². The van der Waals surface area contributed by atoms with Crippen LogP contribution in [0.25, 0.3) is 11.1 Å². The fraction of sp³-hybridized carbons (Fsp3) is 0.407. The number of amides is 1. The predicted molar refractivity (Wildman–Crippen MR) is 136 cm³/mol. The summed E-state index contributed by atoms with van der Waals surface area (Å²) in [5.74, 6) is 0. The lowest BCUT2D eigenvalue weighted by atomic mass is 9.92. The fourth-order valence-electron chi connectivity index (χ4n) is 5.04. The molecule has 6 nitrogen and oxygen atoms in total. The lowest BCUT2D eigenvalue weighted by Crippen LogP contribution is -2.33. The highest BCUT2D eigenvalue weighted by molar-refractivity contribution is 6.31. The van der Waals surface area contributed by atoms with E-state index in [-0.39, 0.29) is 11.7 Å². The summed E-state index contributed by atoms with van der Waals surface area (Å²) in [6.07, 6.45) is 2.00. The third-order valence-corrected chi connectivity index (χ3v) is 6.77. The Kier molecular flexibility index (Phi) is 6.19. The van der Waals surface area contributed by atoms with Crippen LogP contribution in [0, 0.1) is 0 Å². The topological polar surface area (TPSA) is 50.6 Å². The van der Waals surface area contributed by atoms with Crippen LogP contribution in [-0.4, -0.2) is 32.9 Å². The summed E-state index contributed by atoms with van der Waals surface area (Å²) >= 11 is 6.51. The van der Waals surface area contributed by atoms with Gasteiger partial charge in [-0.3, -0.25) is 9.58 Å². The first-order valence-corrected chi connectivity index (χ1v) is 12.4. The van der Waals surface area contributed by atoms with Gasteiger partial charge < -0.3 is 9.64 Å². The Bertz CT molecular complexity index is 1330. The maximum Gasteiger partial charge on any atom is 0.410 e. The highest BCUT2D eigenvalue weighted by Crippen LogP contribution is 2.44. The molecule has 36 heavy (non-hydrogen) atoms. The molecular formula is C27H29ClF2N4O2. The van der Waals surface area contributed by atoms with E-state index in [9.17, 15) is 13.6 Å². The molecule has 0 fully saturated rings. The quantitative estimate of drug-likeness (QED) is 0.377. The smallest absolute Gasteiger partial charge is 0.410 e. The van der Waals surface area contributed by atoms with Gasteiger partial charge in [-0.15, -0.1) is 0 Å². The van der Waals surface area contributed by atoms with Crippen LogP contribution in [0.15, 0.2) is 36.7 Å². The van der Waals surface area contributed by atoms with Crippen molar-refractivity contribution in [3.05, 3.63) is 63.9 Å². The normalized spacial score (nSPS) is 15.3. The zero-order valence-electron chi connectivity index (χ0n) is 20.8. The number of ether oxygens (including phenoxy) is 1. The molecule has 0 atom stereocenters. The first-order chi connectivity index (χ1) is 17.0. The SMILES string of the molecule is Cn1cc(-c2cc3c(cc2C(F)F)N(c2cc(Cl)cc4c2CN(C(=O)OC(C)(C)C)C4)CCC3)cn1. The van der Waals surface area contributed by atoms with Crippen LogP contribution in [-0.2, 0) is 31.3 Å². The molecule has 0 N–H and O–H groups in total. The van der Waals surface area contributed by atoms with Crippen molar-refractivity contribution < 1.29 is 18.3 Å². The maximum absolute atomic E-state index is 14.3. The average Bonchev–Trinajstić information content (AvgIpc) is 3.42. The van der Waals surface area contributed by atoms with Gasteiger partial charge in [0.15, 0.2) is 0 Å². The minimum atomic E-state index is -2.64. The molecule has 2 aliphatic heterocycles. The van der Waals surface area contributed by atoms with Gasteiger partial charge in [0, 0.05) is 59.4 Å². The molecule has 2 aromatic carbocycles. The number of carbonyl (C=O) groups is 1. The van der Waals surface area contributed by atoms with E-state index < -0.39 is 12.0 Å². The summed E-state index contributed by atoms with van der Waals surface area (Å²) in [6, 6.07) is 7.21. The number of carbonyl (C=O) groups excluding carboxylic acids is 1. The summed E-state index contributed by atoms with van der Waals surface area (Å²) in [4.78, 5) is 16.5. The molecule has 3 heterocycles. The molecule has 0 radical (unpaired) electrons. The molecule has 5 rings (SSSR count). The number of rotatable bonds is 3. The predicted octanol–water partition coefficient (Wildman–Crippen LogP) is 7.01. The van der Waals surface area contributed by atoms with E-state index in [1.807, 2.05) is 39.0 Å². The van der Waals surface area contributed by atoms with E-state index in [2.05, 4.69) is 10.00 Å². The number of benzene rings is 2. The third kappa shape index (κ3) is 4.66. The summed E-state index contributed by atoms with van der Waals surface area (Å²) in [5, 5.41) is 4.71. The van der Waals surface area contributed by atoms with Crippen LogP contribution in [0.4, 0.5) is 25.0 Å². The Morgan fingerprint density at radius 2 is 1.89 bits per heavy atom. The molecule has 0 bridgehead atoms. The van der Waals surface area contributed by atoms with Crippen molar-refractivity contribution in [1.29, 1.82) is 0 Å². The highest BCUT2D eigenvalue weighted by Gasteiger charge is 2.33. The molecule has 1 amide bonds. The van der Waals surface area contributed by atoms with Gasteiger partial charge in [-0.25, -0.2) is 13.6 Å². The van der Waals surface area contributed by atoms with Crippen LogP contribution >= 0.6 is 11.6 Å². The van der Waals surface area contributed by atoms with E-state index in [4.69, 9.17) is 16.3 Å². The lowest BCUT2D eigenvalue weighted by molar-refractivity contribution is 0.0242. The number of alkyl halides is 2. The Balaban J connectivity index is 1.56. The zero-order valence-corrected chi connectivity index (χ0v) is 21.6. The summed E-state index contributed by atoms with van der Waals surface area (Å²) in [7, 11) is 1.77. The van der Waals surface area contributed by atoms with Gasteiger partial charge in [-0.05, 0) is 74.6 Å². The standard InChI is InChI=1S/C27H29ClF2N4O2/c1-27(2,3)36-26(35)33-14-17-8-19(28)10-24(22(17)15-33)34-7-5-6-16-9-20(18-12-31-32(4)13-18)21(25(29)30)11-23(16)34/h8-13,25H,5-7,14-15H2,1-4H3. The highest BCUT2D eigenvalue weighted by atomic mass is 35.5. The Morgan fingerprint density at radius 1 is 1.11 bits per heavy atom. The largest absolute Gasteiger partial charge is 0.444 e. The fourth-order valence-corrected chi connectivity index (χ4v) is 5.27. The van der Waals surface area contributed by atoms with Crippen molar-refractivity contribution >= 4 is 29.1 Å². The number of halogens is 3. The van der Waals surface area contributed by atoms with Gasteiger partial charge in [0.2, 0.25) is 0 Å². The van der Waals surface area contributed by atoms with Crippen LogP contribution in [0.5, 0.6) is 0 Å². The van der Waals surface area contributed by atoms with Crippen LogP contribution in [0.3, 0.4) is 0 Å². The molecule has 0 spiro atoms. The van der Waals surface area contributed by atoms with Gasteiger partial charge in [0.25, 0.3) is 6.43 Å². The molecule has 0 aliphatic carbocycles. The minimum absolute atomic E-state index is 0.0253. The Hall–Kier alpha value is -3.13. The van der Waals surface area contributed by atoms with Gasteiger partial charge in [0.05, 0.1) is 12.7 Å². The second-order valence-corrected chi connectivity index (χ2v) is 10.9. The van der Waals surface area contributed by atoms with Gasteiger partial charge >= 0.3 is 6.09 Å². The number of anilines is 2. The summed E-state index contributed by atoms with van der Waals surface area (Å²) in [6.45, 7) is 6.93. The maximum atomic E-state index is 14.3. The second kappa shape index (κ2) is 9.07. The van der Waals surface area contributed by atoms with Crippen molar-refractivity contribution in [2.75, 3.05) is 11.4 Å². The minimum Gasteiger partial charge on any atom is -0.444 e. The first-order valence-electron chi connectivity index (χ1n) is 12.0. The summed E-state index contributed by atoms with van der Waals surface area (Å²) in [5.41, 5.74) is 5.06. The zero-order chi connectivity index (χ0) is 25.8. The number of nitrogens with zero attached hydrogens (tertiary/aromatic N) is 4. The molecule has 0 saturated heterocycles. The van der Waals surface area contributed by atoms with Crippen LogP contribution < -0.4 is 4.90 Å². The van der Waals surface area contributed by atoms with E-state index in [0.717, 1.165) is 40.9 Å². The number of aromatic nitrogens is 2. The van der Waals surface area contributed by atoms with Gasteiger partial charge in [-0.1, -0.05) is 11.6 Å². The third-order valence-electron chi connectivity index (χ3n) is 6.56. The molecule has 0 unspecified atom stereocenters. The molecular weight excluding hydrogens is 486 g/mol. The summed E-state index contributed by atoms with van der Waals surface area (Å²) < 4.78 is 35.7. The molecule has 190 valence electrons. The molecule has 9 heteroatoms. The Labute approximate surface area is 214 Å². The van der Waals surface area contributed by atoms with Gasteiger partial charge in [0.1, 0.15) is 5.60 Å². The number of hydrogen-bond acceptors (Lipinski definition) is 4. The van der Waals surface area contributed by atoms with Crippen molar-refractivity contribution in [3.8, 4) is 11.1 Å². The molecule has 0 saturated carbocycles. The average molecular weight is 515 g/mol. The number of hydrogen-bond donors (Lipinski definition) is 0. The van der Waals surface area contributed by atoms with E-state index in [1.165, 1.54) is 0 Å². The second-order valence-electron chi connectivity index (χ2n) is 10.4. The Morgan fingerprint density at radius 3 is 2.56 bits per heavy atom. The first kappa shape index (κ1) is 24.6. The number of fused-ring (bicyclic) bond motifs is 2. The van der Waals surface area contributed by atoms with E-state index in [0.29, 0.717) is 35.8 Å². The van der Waals surface area contributed by atoms with E-state index in [1.54, 1.807) is 35.1 Å². The van der Waals surface area contributed by atoms with Crippen molar-refractivity contribution in [1.82, 2.24) is 14.7 Å². The van der Waals surface area contributed by atoms with Crippen LogP contribution in [0.2, 0.25) is 5.02 Å².